The van der Waals surface area contributed by atoms with Crippen LogP contribution in [-0.4, -0.2) is 36.6 Å². The number of nitrogens with one attached hydrogen (secondary N) is 3. The molecule has 7 nitrogen and oxygen atoms in total. The molecule has 3 N–H and O–H groups in total. The predicted molar refractivity (Wildman–Crippen MR) is 108 cm³/mol. The molecule has 2 rings (SSSR count). The van der Waals surface area contributed by atoms with Gasteiger partial charge in [-0.25, -0.2) is 9.59 Å². The molecule has 1 saturated carbocycles. The second-order valence-corrected chi connectivity index (χ2v) is 7.73. The number of hydrogen-bond donors (Lipinski definition) is 3. The lowest BCUT2D eigenvalue weighted by atomic mass is 9.86. The van der Waals surface area contributed by atoms with Crippen molar-refractivity contribution < 1.29 is 19.1 Å². The number of carbonyl (C=O) groups is 3. The van der Waals surface area contributed by atoms with Crippen molar-refractivity contribution in [1.29, 1.82) is 0 Å². The van der Waals surface area contributed by atoms with Gasteiger partial charge >= 0.3 is 12.0 Å². The molecule has 0 spiro atoms. The molecule has 0 unspecified atom stereocenters. The van der Waals surface area contributed by atoms with Crippen LogP contribution in [0.15, 0.2) is 30.3 Å². The van der Waals surface area contributed by atoms with Crippen LogP contribution in [0, 0.1) is 11.8 Å². The van der Waals surface area contributed by atoms with Gasteiger partial charge in [0.25, 0.3) is 5.91 Å². The van der Waals surface area contributed by atoms with Crippen LogP contribution in [0.1, 0.15) is 46.5 Å². The summed E-state index contributed by atoms with van der Waals surface area (Å²) in [6.45, 7) is 5.39. The van der Waals surface area contributed by atoms with Crippen molar-refractivity contribution >= 4 is 23.6 Å². The average molecular weight is 389 g/mol. The first-order chi connectivity index (χ1) is 13.4. The lowest BCUT2D eigenvalue weighted by Crippen LogP contribution is -2.48. The van der Waals surface area contributed by atoms with Gasteiger partial charge in [-0.15, -0.1) is 0 Å². The Labute approximate surface area is 166 Å². The Kier molecular flexibility index (Phi) is 8.29. The van der Waals surface area contributed by atoms with E-state index in [4.69, 9.17) is 4.74 Å². The molecule has 1 aromatic rings. The van der Waals surface area contributed by atoms with E-state index in [1.54, 1.807) is 38.1 Å². The zero-order chi connectivity index (χ0) is 20.5. The van der Waals surface area contributed by atoms with Crippen molar-refractivity contribution in [2.24, 2.45) is 11.8 Å². The fourth-order valence-electron chi connectivity index (χ4n) is 3.33. The number of esters is 1. The SMILES string of the molecule is CC(C)[C@@H](NC(=O)Nc1ccccc1)C(=O)OCC(=O)N[C@H]1CCCC[C@@H]1C. The van der Waals surface area contributed by atoms with Crippen molar-refractivity contribution in [3.63, 3.8) is 0 Å². The number of ether oxygens (including phenoxy) is 1. The van der Waals surface area contributed by atoms with Crippen molar-refractivity contribution in [3.8, 4) is 0 Å². The first kappa shape index (κ1) is 21.7. The van der Waals surface area contributed by atoms with E-state index < -0.39 is 18.0 Å². The Balaban J connectivity index is 1.81. The van der Waals surface area contributed by atoms with Crippen LogP contribution in [0.2, 0.25) is 0 Å². The fraction of sp³-hybridized carbons (Fsp3) is 0.571. The van der Waals surface area contributed by atoms with Gasteiger partial charge in [-0.2, -0.15) is 0 Å². The predicted octanol–water partition coefficient (Wildman–Crippen LogP) is 3.07. The highest BCUT2D eigenvalue weighted by atomic mass is 16.5. The molecular formula is C21H31N3O4. The monoisotopic (exact) mass is 389 g/mol. The quantitative estimate of drug-likeness (QED) is 0.625. The van der Waals surface area contributed by atoms with Crippen molar-refractivity contribution in [2.75, 3.05) is 11.9 Å². The number of anilines is 1. The minimum atomic E-state index is -0.842. The van der Waals surface area contributed by atoms with E-state index in [1.807, 2.05) is 6.07 Å². The lowest BCUT2D eigenvalue weighted by Gasteiger charge is -2.29. The van der Waals surface area contributed by atoms with Gasteiger partial charge in [0, 0.05) is 11.7 Å². The van der Waals surface area contributed by atoms with E-state index in [0.717, 1.165) is 19.3 Å². The van der Waals surface area contributed by atoms with Crippen molar-refractivity contribution in [2.45, 2.75) is 58.5 Å². The molecule has 1 aliphatic carbocycles. The maximum atomic E-state index is 12.4. The van der Waals surface area contributed by atoms with Gasteiger partial charge in [0.1, 0.15) is 6.04 Å². The van der Waals surface area contributed by atoms with Crippen LogP contribution in [0.5, 0.6) is 0 Å². The molecule has 3 atom stereocenters. The molecule has 1 fully saturated rings. The fourth-order valence-corrected chi connectivity index (χ4v) is 3.33. The normalized spacial score (nSPS) is 20.1. The van der Waals surface area contributed by atoms with Crippen LogP contribution in [0.4, 0.5) is 10.5 Å². The third kappa shape index (κ3) is 6.87. The summed E-state index contributed by atoms with van der Waals surface area (Å²) in [7, 11) is 0. The first-order valence-corrected chi connectivity index (χ1v) is 9.95. The lowest BCUT2D eigenvalue weighted by molar-refractivity contribution is -0.151. The first-order valence-electron chi connectivity index (χ1n) is 9.95. The summed E-state index contributed by atoms with van der Waals surface area (Å²) in [5, 5.41) is 8.24. The molecular weight excluding hydrogens is 358 g/mol. The molecule has 0 radical (unpaired) electrons. The Bertz CT molecular complexity index is 663. The van der Waals surface area contributed by atoms with E-state index in [0.29, 0.717) is 11.6 Å². The van der Waals surface area contributed by atoms with Gasteiger partial charge in [-0.05, 0) is 36.8 Å². The summed E-state index contributed by atoms with van der Waals surface area (Å²) >= 11 is 0. The maximum Gasteiger partial charge on any atom is 0.329 e. The summed E-state index contributed by atoms with van der Waals surface area (Å²) in [6.07, 6.45) is 4.34. The van der Waals surface area contributed by atoms with Crippen LogP contribution in [0.25, 0.3) is 0 Å². The molecule has 0 heterocycles. The number of carbonyl (C=O) groups excluding carboxylic acids is 3. The highest BCUT2D eigenvalue weighted by Crippen LogP contribution is 2.23. The minimum absolute atomic E-state index is 0.135. The zero-order valence-corrected chi connectivity index (χ0v) is 16.9. The number of rotatable bonds is 7. The molecule has 0 bridgehead atoms. The van der Waals surface area contributed by atoms with Gasteiger partial charge in [-0.1, -0.05) is 51.8 Å². The van der Waals surface area contributed by atoms with E-state index in [-0.39, 0.29) is 24.5 Å². The molecule has 0 aliphatic heterocycles. The molecule has 154 valence electrons. The van der Waals surface area contributed by atoms with Gasteiger partial charge in [0.15, 0.2) is 6.61 Å². The van der Waals surface area contributed by atoms with Crippen molar-refractivity contribution in [1.82, 2.24) is 10.6 Å². The van der Waals surface area contributed by atoms with Gasteiger partial charge in [0.2, 0.25) is 0 Å². The Morgan fingerprint density at radius 3 is 2.43 bits per heavy atom. The third-order valence-electron chi connectivity index (χ3n) is 5.04. The molecule has 7 heteroatoms. The number of hydrogen-bond acceptors (Lipinski definition) is 4. The van der Waals surface area contributed by atoms with Crippen LogP contribution in [0.3, 0.4) is 0 Å². The summed E-state index contributed by atoms with van der Waals surface area (Å²) in [6, 6.07) is 7.74. The third-order valence-corrected chi connectivity index (χ3v) is 5.04. The van der Waals surface area contributed by atoms with Gasteiger partial charge in [0.05, 0.1) is 0 Å². The van der Waals surface area contributed by atoms with Crippen LogP contribution < -0.4 is 16.0 Å². The Morgan fingerprint density at radius 2 is 1.79 bits per heavy atom. The van der Waals surface area contributed by atoms with E-state index >= 15 is 0 Å². The number of para-hydroxylation sites is 1. The Hall–Kier alpha value is -2.57. The molecule has 28 heavy (non-hydrogen) atoms. The van der Waals surface area contributed by atoms with E-state index in [2.05, 4.69) is 22.9 Å². The summed E-state index contributed by atoms with van der Waals surface area (Å²) in [5.74, 6) is -0.677. The van der Waals surface area contributed by atoms with Crippen molar-refractivity contribution in [3.05, 3.63) is 30.3 Å². The second kappa shape index (κ2) is 10.7. The topological polar surface area (TPSA) is 96.5 Å². The highest BCUT2D eigenvalue weighted by molar-refractivity contribution is 5.93. The summed E-state index contributed by atoms with van der Waals surface area (Å²) in [4.78, 5) is 36.7. The maximum absolute atomic E-state index is 12.4. The van der Waals surface area contributed by atoms with Gasteiger partial charge < -0.3 is 20.7 Å². The molecule has 1 aliphatic rings. The molecule has 1 aromatic carbocycles. The smallest absolute Gasteiger partial charge is 0.329 e. The standard InChI is InChI=1S/C21H31N3O4/c1-14(2)19(24-21(27)22-16-10-5-4-6-11-16)20(26)28-13-18(25)23-17-12-8-7-9-15(17)3/h4-6,10-11,14-15,17,19H,7-9,12-13H2,1-3H3,(H,23,25)(H2,22,24,27)/t15-,17-,19+/m0/s1. The largest absolute Gasteiger partial charge is 0.454 e. The van der Waals surface area contributed by atoms with E-state index in [1.165, 1.54) is 6.42 Å². The number of benzene rings is 1. The Morgan fingerprint density at radius 1 is 1.11 bits per heavy atom. The van der Waals surface area contributed by atoms with Crippen LogP contribution >= 0.6 is 0 Å². The van der Waals surface area contributed by atoms with Crippen LogP contribution in [-0.2, 0) is 14.3 Å². The zero-order valence-electron chi connectivity index (χ0n) is 16.9. The molecule has 0 aromatic heterocycles. The van der Waals surface area contributed by atoms with Gasteiger partial charge in [-0.3, -0.25) is 4.79 Å². The average Bonchev–Trinajstić information content (AvgIpc) is 2.66. The minimum Gasteiger partial charge on any atom is -0.454 e. The second-order valence-electron chi connectivity index (χ2n) is 7.73. The summed E-state index contributed by atoms with van der Waals surface area (Å²) < 4.78 is 5.16. The molecule has 0 saturated heterocycles. The van der Waals surface area contributed by atoms with E-state index in [9.17, 15) is 14.4 Å². The number of urea groups is 1. The number of amides is 3. The highest BCUT2D eigenvalue weighted by Gasteiger charge is 2.27. The summed E-state index contributed by atoms with van der Waals surface area (Å²) in [5.41, 5.74) is 0.622. The molecule has 3 amide bonds.